The Hall–Kier alpha value is -0.318. The van der Waals surface area contributed by atoms with Gasteiger partial charge in [0.05, 0.1) is 0 Å². The molecule has 0 unspecified atom stereocenters. The summed E-state index contributed by atoms with van der Waals surface area (Å²) in [5.74, 6) is 0.764. The zero-order chi connectivity index (χ0) is 6.53. The third-order valence-corrected chi connectivity index (χ3v) is 0.925. The van der Waals surface area contributed by atoms with E-state index in [1.54, 1.807) is 6.61 Å². The molecule has 0 saturated heterocycles. The predicted molar refractivity (Wildman–Crippen MR) is 35.9 cm³/mol. The van der Waals surface area contributed by atoms with E-state index in [1.807, 2.05) is 31.2 Å². The second kappa shape index (κ2) is 5.47. The van der Waals surface area contributed by atoms with E-state index in [-0.39, 0.29) is 20.4 Å². The van der Waals surface area contributed by atoms with Gasteiger partial charge in [0.1, 0.15) is 0 Å². The van der Waals surface area contributed by atoms with Gasteiger partial charge in [-0.2, -0.15) is 31.7 Å². The first-order valence-electron chi connectivity index (χ1n) is 2.84. The van der Waals surface area contributed by atoms with Gasteiger partial charge < -0.3 is 4.74 Å². The molecular weight excluding hydrogens is 219 g/mol. The van der Waals surface area contributed by atoms with E-state index in [0.29, 0.717) is 0 Å². The van der Waals surface area contributed by atoms with Crippen LogP contribution >= 0.6 is 0 Å². The smallest absolute Gasteiger partial charge is 0.680 e. The molecule has 10 heavy (non-hydrogen) atoms. The number of hydrogen-bond donors (Lipinski definition) is 0. The second-order valence-electron chi connectivity index (χ2n) is 1.58. The van der Waals surface area contributed by atoms with E-state index in [2.05, 4.69) is 6.07 Å². The summed E-state index contributed by atoms with van der Waals surface area (Å²) in [4.78, 5) is 0. The Morgan fingerprint density at radius 3 is 2.80 bits per heavy atom. The maximum Gasteiger partial charge on any atom is 2.00 e. The van der Waals surface area contributed by atoms with Crippen molar-refractivity contribution in [2.45, 2.75) is 6.92 Å². The first-order valence-corrected chi connectivity index (χ1v) is 2.84. The van der Waals surface area contributed by atoms with Crippen molar-refractivity contribution in [1.82, 2.24) is 0 Å². The fourth-order valence-corrected chi connectivity index (χ4v) is 0.577. The molecule has 0 aliphatic carbocycles. The first-order chi connectivity index (χ1) is 4.43. The average Bonchev–Trinajstić information content (AvgIpc) is 1.91. The van der Waals surface area contributed by atoms with Gasteiger partial charge in [0.15, 0.2) is 0 Å². The average molecular weight is 227 g/mol. The van der Waals surface area contributed by atoms with Crippen LogP contribution < -0.4 is 4.74 Å². The van der Waals surface area contributed by atoms with Crippen LogP contribution in [0.3, 0.4) is 0 Å². The standard InChI is InChI=1S/C8H8O.Pd/c1-2-9-8-6-4-3-5-7-8;/h2-6H,1H3;/q-2;+2. The Kier molecular flexibility index (Phi) is 5.29. The Balaban J connectivity index is 0.000000810. The topological polar surface area (TPSA) is 9.23 Å². The Morgan fingerprint density at radius 2 is 2.30 bits per heavy atom. The minimum absolute atomic E-state index is 0. The molecule has 1 aromatic rings. The molecule has 0 radical (unpaired) electrons. The van der Waals surface area contributed by atoms with E-state index < -0.39 is 0 Å². The summed E-state index contributed by atoms with van der Waals surface area (Å²) in [6, 6.07) is 10.4. The fraction of sp³-hybridized carbons (Fsp3) is 0.125. The van der Waals surface area contributed by atoms with Gasteiger partial charge in [0.25, 0.3) is 0 Å². The second-order valence-corrected chi connectivity index (χ2v) is 1.58. The van der Waals surface area contributed by atoms with Crippen molar-refractivity contribution >= 4 is 0 Å². The molecule has 0 N–H and O–H groups in total. The normalized spacial score (nSPS) is 8.10. The van der Waals surface area contributed by atoms with Crippen LogP contribution in [0.4, 0.5) is 0 Å². The van der Waals surface area contributed by atoms with Crippen LogP contribution in [0.25, 0.3) is 0 Å². The maximum atomic E-state index is 5.03. The molecule has 0 spiro atoms. The SMILES string of the molecule is C[CH-]Oc1[c-]cccc1.[Pd+2]. The molecular formula is C8H8OPd. The Labute approximate surface area is 75.1 Å². The van der Waals surface area contributed by atoms with E-state index >= 15 is 0 Å². The van der Waals surface area contributed by atoms with Crippen LogP contribution in [0.2, 0.25) is 0 Å². The molecule has 0 fully saturated rings. The van der Waals surface area contributed by atoms with E-state index in [1.165, 1.54) is 0 Å². The Morgan fingerprint density at radius 1 is 1.50 bits per heavy atom. The summed E-state index contributed by atoms with van der Waals surface area (Å²) in [7, 11) is 0. The summed E-state index contributed by atoms with van der Waals surface area (Å²) in [5, 5.41) is 0. The molecule has 56 valence electrons. The summed E-state index contributed by atoms with van der Waals surface area (Å²) < 4.78 is 5.03. The van der Waals surface area contributed by atoms with Crippen molar-refractivity contribution in [2.24, 2.45) is 0 Å². The van der Waals surface area contributed by atoms with Crippen molar-refractivity contribution in [3.8, 4) is 5.75 Å². The van der Waals surface area contributed by atoms with Crippen molar-refractivity contribution in [2.75, 3.05) is 0 Å². The molecule has 0 aliphatic rings. The molecule has 0 amide bonds. The van der Waals surface area contributed by atoms with Crippen molar-refractivity contribution < 1.29 is 25.2 Å². The summed E-state index contributed by atoms with van der Waals surface area (Å²) >= 11 is 0. The molecule has 0 saturated carbocycles. The minimum Gasteiger partial charge on any atom is -0.680 e. The van der Waals surface area contributed by atoms with Gasteiger partial charge >= 0.3 is 20.4 Å². The van der Waals surface area contributed by atoms with Gasteiger partial charge in [-0.3, -0.25) is 0 Å². The quantitative estimate of drug-likeness (QED) is 0.554. The van der Waals surface area contributed by atoms with Crippen LogP contribution in [-0.2, 0) is 20.4 Å². The van der Waals surface area contributed by atoms with Gasteiger partial charge in [-0.1, -0.05) is 0 Å². The van der Waals surface area contributed by atoms with Gasteiger partial charge in [0.2, 0.25) is 0 Å². The molecule has 1 aromatic carbocycles. The molecule has 2 heteroatoms. The zero-order valence-electron chi connectivity index (χ0n) is 5.61. The van der Waals surface area contributed by atoms with E-state index in [4.69, 9.17) is 4.74 Å². The maximum absolute atomic E-state index is 5.03. The van der Waals surface area contributed by atoms with Crippen LogP contribution in [0.15, 0.2) is 24.3 Å². The van der Waals surface area contributed by atoms with Crippen molar-refractivity contribution in [3.63, 3.8) is 0 Å². The van der Waals surface area contributed by atoms with Gasteiger partial charge in [-0.25, -0.2) is 0 Å². The molecule has 0 aliphatic heterocycles. The monoisotopic (exact) mass is 226 g/mol. The molecule has 1 rings (SSSR count). The third kappa shape index (κ3) is 3.01. The molecule has 0 bridgehead atoms. The number of hydrogen-bond acceptors (Lipinski definition) is 1. The molecule has 0 atom stereocenters. The van der Waals surface area contributed by atoms with Crippen LogP contribution in [0, 0.1) is 12.7 Å². The van der Waals surface area contributed by atoms with Gasteiger partial charge in [-0.15, -0.1) is 12.1 Å². The van der Waals surface area contributed by atoms with Gasteiger partial charge in [-0.05, 0) is 5.75 Å². The number of ether oxygens (including phenoxy) is 1. The minimum atomic E-state index is 0. The Bertz CT molecular complexity index is 162. The first kappa shape index (κ1) is 9.68. The van der Waals surface area contributed by atoms with E-state index in [0.717, 1.165) is 5.75 Å². The number of para-hydroxylation sites is 1. The molecule has 1 nitrogen and oxygen atoms in total. The summed E-state index contributed by atoms with van der Waals surface area (Å²) in [5.41, 5.74) is 0. The molecule has 0 heterocycles. The van der Waals surface area contributed by atoms with Crippen molar-refractivity contribution in [3.05, 3.63) is 36.9 Å². The number of benzene rings is 1. The van der Waals surface area contributed by atoms with Crippen LogP contribution in [0.5, 0.6) is 5.75 Å². The zero-order valence-corrected chi connectivity index (χ0v) is 7.17. The fourth-order valence-electron chi connectivity index (χ4n) is 0.577. The van der Waals surface area contributed by atoms with Crippen LogP contribution in [-0.4, -0.2) is 0 Å². The summed E-state index contributed by atoms with van der Waals surface area (Å²) in [6.07, 6.45) is 0. The summed E-state index contributed by atoms with van der Waals surface area (Å²) in [6.45, 7) is 3.46. The van der Waals surface area contributed by atoms with Crippen LogP contribution in [0.1, 0.15) is 6.92 Å². The van der Waals surface area contributed by atoms with Crippen molar-refractivity contribution in [1.29, 1.82) is 0 Å². The molecule has 0 aromatic heterocycles. The largest absolute Gasteiger partial charge is 2.00 e. The van der Waals surface area contributed by atoms with Gasteiger partial charge in [0, 0.05) is 0 Å². The third-order valence-electron chi connectivity index (χ3n) is 0.925. The number of rotatable bonds is 2. The van der Waals surface area contributed by atoms with E-state index in [9.17, 15) is 0 Å². The predicted octanol–water partition coefficient (Wildman–Crippen LogP) is 2.04.